The second-order valence-electron chi connectivity index (χ2n) is 6.42. The van der Waals surface area contributed by atoms with Crippen molar-refractivity contribution in [2.24, 2.45) is 0 Å². The lowest BCUT2D eigenvalue weighted by molar-refractivity contribution is 0.0187. The first-order chi connectivity index (χ1) is 9.69. The summed E-state index contributed by atoms with van der Waals surface area (Å²) in [7, 11) is 1.54. The van der Waals surface area contributed by atoms with Crippen molar-refractivity contribution in [3.05, 3.63) is 0 Å². The second-order valence-corrected chi connectivity index (χ2v) is 6.42. The standard InChI is InChI=1S/C14H27N3O4/c1-14(2,3)21-13(20)17-8-5-6-11(10-17)15-7-9-16(4)12(18)19/h11,15H,5-10H2,1-4H3,(H,18,19)/t11-/m0/s1. The van der Waals surface area contributed by atoms with Crippen molar-refractivity contribution in [2.45, 2.75) is 45.3 Å². The molecule has 2 N–H and O–H groups in total. The molecule has 2 amide bonds. The topological polar surface area (TPSA) is 82.1 Å². The van der Waals surface area contributed by atoms with Gasteiger partial charge in [-0.05, 0) is 33.6 Å². The summed E-state index contributed by atoms with van der Waals surface area (Å²) in [5, 5.41) is 12.1. The highest BCUT2D eigenvalue weighted by Gasteiger charge is 2.27. The molecule has 0 spiro atoms. The molecule has 7 heteroatoms. The van der Waals surface area contributed by atoms with Crippen molar-refractivity contribution in [3.63, 3.8) is 0 Å². The fraction of sp³-hybridized carbons (Fsp3) is 0.857. The summed E-state index contributed by atoms with van der Waals surface area (Å²) in [6.45, 7) is 7.88. The number of hydrogen-bond donors (Lipinski definition) is 2. The Hall–Kier alpha value is -1.50. The maximum atomic E-state index is 12.0. The van der Waals surface area contributed by atoms with E-state index in [1.54, 1.807) is 4.90 Å². The molecule has 21 heavy (non-hydrogen) atoms. The summed E-state index contributed by atoms with van der Waals surface area (Å²) in [6.07, 6.45) is 0.689. The first-order valence-electron chi connectivity index (χ1n) is 7.34. The lowest BCUT2D eigenvalue weighted by Crippen LogP contribution is -2.50. The number of piperidine rings is 1. The van der Waals surface area contributed by atoms with Crippen LogP contribution >= 0.6 is 0 Å². The van der Waals surface area contributed by atoms with Crippen LogP contribution in [0.4, 0.5) is 9.59 Å². The fourth-order valence-corrected chi connectivity index (χ4v) is 2.17. The molecule has 1 atom stereocenters. The van der Waals surface area contributed by atoms with Crippen molar-refractivity contribution in [2.75, 3.05) is 33.2 Å². The number of nitrogens with one attached hydrogen (secondary N) is 1. The summed E-state index contributed by atoms with van der Waals surface area (Å²) in [6, 6.07) is 0.188. The molecule has 0 aliphatic carbocycles. The molecule has 1 heterocycles. The minimum Gasteiger partial charge on any atom is -0.465 e. The summed E-state index contributed by atoms with van der Waals surface area (Å²) in [4.78, 5) is 25.7. The van der Waals surface area contributed by atoms with E-state index in [0.29, 0.717) is 26.2 Å². The number of carboxylic acid groups (broad SMARTS) is 1. The molecule has 0 aromatic rings. The summed E-state index contributed by atoms with van der Waals surface area (Å²) in [5.74, 6) is 0. The number of carbonyl (C=O) groups is 2. The van der Waals surface area contributed by atoms with Crippen LogP contribution in [0.1, 0.15) is 33.6 Å². The van der Waals surface area contributed by atoms with E-state index in [4.69, 9.17) is 9.84 Å². The van der Waals surface area contributed by atoms with Gasteiger partial charge in [0, 0.05) is 39.3 Å². The van der Waals surface area contributed by atoms with Gasteiger partial charge in [0.05, 0.1) is 0 Å². The van der Waals surface area contributed by atoms with E-state index >= 15 is 0 Å². The normalized spacial score (nSPS) is 19.2. The maximum Gasteiger partial charge on any atom is 0.410 e. The van der Waals surface area contributed by atoms with Crippen LogP contribution in [0.25, 0.3) is 0 Å². The van der Waals surface area contributed by atoms with Gasteiger partial charge >= 0.3 is 12.2 Å². The number of carbonyl (C=O) groups excluding carboxylic acids is 1. The average molecular weight is 301 g/mol. The molecule has 1 aliphatic rings. The molecule has 0 radical (unpaired) electrons. The third-order valence-corrected chi connectivity index (χ3v) is 3.28. The molecule has 1 rings (SSSR count). The zero-order valence-electron chi connectivity index (χ0n) is 13.4. The zero-order valence-corrected chi connectivity index (χ0v) is 13.4. The molecule has 0 saturated carbocycles. The van der Waals surface area contributed by atoms with Crippen LogP contribution in [0.5, 0.6) is 0 Å². The molecule has 0 unspecified atom stereocenters. The minimum atomic E-state index is -0.934. The van der Waals surface area contributed by atoms with Crippen LogP contribution in [0, 0.1) is 0 Å². The van der Waals surface area contributed by atoms with Crippen molar-refractivity contribution in [3.8, 4) is 0 Å². The molecular weight excluding hydrogens is 274 g/mol. The average Bonchev–Trinajstić information content (AvgIpc) is 2.36. The van der Waals surface area contributed by atoms with E-state index < -0.39 is 11.7 Å². The Bertz CT molecular complexity index is 368. The largest absolute Gasteiger partial charge is 0.465 e. The quantitative estimate of drug-likeness (QED) is 0.824. The van der Waals surface area contributed by atoms with Gasteiger partial charge in [0.2, 0.25) is 0 Å². The first-order valence-corrected chi connectivity index (χ1v) is 7.34. The van der Waals surface area contributed by atoms with E-state index in [1.807, 2.05) is 20.8 Å². The van der Waals surface area contributed by atoms with Gasteiger partial charge in [-0.15, -0.1) is 0 Å². The minimum absolute atomic E-state index is 0.188. The van der Waals surface area contributed by atoms with Gasteiger partial charge in [-0.25, -0.2) is 9.59 Å². The van der Waals surface area contributed by atoms with E-state index in [0.717, 1.165) is 12.8 Å². The number of likely N-dealkylation sites (tertiary alicyclic amines) is 1. The molecule has 122 valence electrons. The third-order valence-electron chi connectivity index (χ3n) is 3.28. The van der Waals surface area contributed by atoms with Crippen LogP contribution < -0.4 is 5.32 Å². The lowest BCUT2D eigenvalue weighted by Gasteiger charge is -2.34. The predicted octanol–water partition coefficient (Wildman–Crippen LogP) is 1.59. The molecule has 1 fully saturated rings. The molecule has 1 saturated heterocycles. The van der Waals surface area contributed by atoms with Crippen LogP contribution in [-0.2, 0) is 4.74 Å². The summed E-state index contributed by atoms with van der Waals surface area (Å²) in [5.41, 5.74) is -0.484. The number of rotatable bonds is 4. The van der Waals surface area contributed by atoms with Crippen molar-refractivity contribution in [1.29, 1.82) is 0 Å². The van der Waals surface area contributed by atoms with E-state index in [1.165, 1.54) is 11.9 Å². The Morgan fingerprint density at radius 2 is 2.10 bits per heavy atom. The maximum absolute atomic E-state index is 12.0. The Balaban J connectivity index is 2.35. The van der Waals surface area contributed by atoms with Gasteiger partial charge < -0.3 is 25.0 Å². The van der Waals surface area contributed by atoms with Gasteiger partial charge in [0.25, 0.3) is 0 Å². The van der Waals surface area contributed by atoms with Crippen molar-refractivity contribution >= 4 is 12.2 Å². The van der Waals surface area contributed by atoms with E-state index in [-0.39, 0.29) is 12.1 Å². The second kappa shape index (κ2) is 7.49. The first kappa shape index (κ1) is 17.6. The molecule has 0 aromatic carbocycles. The summed E-state index contributed by atoms with van der Waals surface area (Å²) >= 11 is 0. The molecule has 0 bridgehead atoms. The highest BCUT2D eigenvalue weighted by Crippen LogP contribution is 2.15. The number of amides is 2. The number of ether oxygens (including phenoxy) is 1. The number of likely N-dealkylation sites (N-methyl/N-ethyl adjacent to an activating group) is 1. The van der Waals surface area contributed by atoms with E-state index in [2.05, 4.69) is 5.32 Å². The predicted molar refractivity (Wildman–Crippen MR) is 79.5 cm³/mol. The lowest BCUT2D eigenvalue weighted by atomic mass is 10.1. The highest BCUT2D eigenvalue weighted by molar-refractivity contribution is 5.68. The zero-order chi connectivity index (χ0) is 16.0. The van der Waals surface area contributed by atoms with Crippen LogP contribution in [-0.4, -0.2) is 72.0 Å². The van der Waals surface area contributed by atoms with Gasteiger partial charge in [-0.3, -0.25) is 0 Å². The van der Waals surface area contributed by atoms with Gasteiger partial charge in [0.1, 0.15) is 5.60 Å². The number of nitrogens with zero attached hydrogens (tertiary/aromatic N) is 2. The smallest absolute Gasteiger partial charge is 0.410 e. The Morgan fingerprint density at radius 1 is 1.43 bits per heavy atom. The molecular formula is C14H27N3O4. The van der Waals surface area contributed by atoms with Crippen molar-refractivity contribution in [1.82, 2.24) is 15.1 Å². The van der Waals surface area contributed by atoms with E-state index in [9.17, 15) is 9.59 Å². The van der Waals surface area contributed by atoms with Crippen molar-refractivity contribution < 1.29 is 19.4 Å². The Kier molecular flexibility index (Phi) is 6.26. The third kappa shape index (κ3) is 6.66. The van der Waals surface area contributed by atoms with Crippen LogP contribution in [0.3, 0.4) is 0 Å². The molecule has 1 aliphatic heterocycles. The van der Waals surface area contributed by atoms with Crippen LogP contribution in [0.15, 0.2) is 0 Å². The van der Waals surface area contributed by atoms with Gasteiger partial charge in [0.15, 0.2) is 0 Å². The Labute approximate surface area is 126 Å². The molecule has 0 aromatic heterocycles. The monoisotopic (exact) mass is 301 g/mol. The van der Waals surface area contributed by atoms with Gasteiger partial charge in [-0.1, -0.05) is 0 Å². The molecule has 7 nitrogen and oxygen atoms in total. The summed E-state index contributed by atoms with van der Waals surface area (Å²) < 4.78 is 5.37. The van der Waals surface area contributed by atoms with Crippen LogP contribution in [0.2, 0.25) is 0 Å². The Morgan fingerprint density at radius 3 is 2.67 bits per heavy atom. The highest BCUT2D eigenvalue weighted by atomic mass is 16.6. The fourth-order valence-electron chi connectivity index (χ4n) is 2.17. The SMILES string of the molecule is CN(CCN[C@H]1CCCN(C(=O)OC(C)(C)C)C1)C(=O)O. The van der Waals surface area contributed by atoms with Gasteiger partial charge in [-0.2, -0.15) is 0 Å². The number of hydrogen-bond acceptors (Lipinski definition) is 4.